The van der Waals surface area contributed by atoms with Gasteiger partial charge in [-0.1, -0.05) is 0 Å². The van der Waals surface area contributed by atoms with Gasteiger partial charge in [-0.2, -0.15) is 18.2 Å². The molecule has 5 nitrogen and oxygen atoms in total. The first-order chi connectivity index (χ1) is 8.83. The Morgan fingerprint density at radius 2 is 1.84 bits per heavy atom. The van der Waals surface area contributed by atoms with Crippen molar-refractivity contribution in [2.24, 2.45) is 0 Å². The van der Waals surface area contributed by atoms with Crippen LogP contribution in [0.1, 0.15) is 0 Å². The first kappa shape index (κ1) is 14.3. The molecule has 2 rings (SSSR count). The summed E-state index contributed by atoms with van der Waals surface area (Å²) in [6, 6.07) is 1.57. The summed E-state index contributed by atoms with van der Waals surface area (Å²) in [6.45, 7) is 0.685. The Balaban J connectivity index is 1.96. The molecule has 0 saturated carbocycles. The molecule has 0 atom stereocenters. The second kappa shape index (κ2) is 5.49. The van der Waals surface area contributed by atoms with Gasteiger partial charge in [0.05, 0.1) is 6.54 Å². The van der Waals surface area contributed by atoms with Gasteiger partial charge in [0.15, 0.2) is 0 Å². The molecule has 1 aliphatic heterocycles. The number of hydrogen-bond donors (Lipinski definition) is 1. The van der Waals surface area contributed by atoms with Gasteiger partial charge < -0.3 is 10.6 Å². The van der Waals surface area contributed by atoms with Crippen LogP contribution in [0.25, 0.3) is 0 Å². The topological polar surface area (TPSA) is 58.3 Å². The zero-order chi connectivity index (χ0) is 14.0. The zero-order valence-corrected chi connectivity index (χ0v) is 11.6. The minimum atomic E-state index is -4.15. The van der Waals surface area contributed by atoms with Crippen LogP contribution in [0.4, 0.5) is 24.9 Å². The molecule has 2 heterocycles. The van der Waals surface area contributed by atoms with Crippen molar-refractivity contribution in [3.63, 3.8) is 0 Å². The number of nitrogens with zero attached hydrogens (tertiary/aromatic N) is 4. The molecule has 1 fully saturated rings. The third-order valence-corrected chi connectivity index (χ3v) is 3.17. The number of rotatable bonds is 2. The maximum Gasteiger partial charge on any atom is 0.401 e. The van der Waals surface area contributed by atoms with Crippen LogP contribution in [0.2, 0.25) is 0 Å². The number of halogens is 4. The maximum atomic E-state index is 12.3. The van der Waals surface area contributed by atoms with Crippen molar-refractivity contribution >= 4 is 27.7 Å². The van der Waals surface area contributed by atoms with Crippen molar-refractivity contribution < 1.29 is 13.2 Å². The van der Waals surface area contributed by atoms with Crippen molar-refractivity contribution in [1.82, 2.24) is 14.9 Å². The summed E-state index contributed by atoms with van der Waals surface area (Å²) < 4.78 is 37.4. The Labute approximate surface area is 116 Å². The van der Waals surface area contributed by atoms with E-state index in [4.69, 9.17) is 5.73 Å². The van der Waals surface area contributed by atoms with E-state index in [0.717, 1.165) is 0 Å². The molecule has 0 amide bonds. The van der Waals surface area contributed by atoms with Gasteiger partial charge in [0.1, 0.15) is 10.4 Å². The van der Waals surface area contributed by atoms with E-state index < -0.39 is 12.7 Å². The van der Waals surface area contributed by atoms with Gasteiger partial charge >= 0.3 is 6.18 Å². The second-order valence-electron chi connectivity index (χ2n) is 4.29. The normalized spacial score (nSPS) is 17.8. The van der Waals surface area contributed by atoms with E-state index in [1.165, 1.54) is 4.90 Å². The minimum Gasteiger partial charge on any atom is -0.383 e. The Kier molecular flexibility index (Phi) is 4.14. The van der Waals surface area contributed by atoms with E-state index in [9.17, 15) is 13.2 Å². The smallest absolute Gasteiger partial charge is 0.383 e. The fraction of sp³-hybridized carbons (Fsp3) is 0.600. The van der Waals surface area contributed by atoms with Gasteiger partial charge in [-0.25, -0.2) is 4.98 Å². The zero-order valence-electron chi connectivity index (χ0n) is 9.99. The number of nitrogen functional groups attached to an aromatic ring is 1. The first-order valence-corrected chi connectivity index (χ1v) is 6.47. The highest BCUT2D eigenvalue weighted by molar-refractivity contribution is 9.10. The van der Waals surface area contributed by atoms with Gasteiger partial charge in [0, 0.05) is 32.2 Å². The summed E-state index contributed by atoms with van der Waals surface area (Å²) in [6.07, 6.45) is -4.15. The van der Waals surface area contributed by atoms with Crippen LogP contribution in [-0.4, -0.2) is 53.8 Å². The fourth-order valence-corrected chi connectivity index (χ4v) is 2.32. The average molecular weight is 340 g/mol. The van der Waals surface area contributed by atoms with E-state index in [0.29, 0.717) is 42.5 Å². The molecule has 1 aromatic rings. The summed E-state index contributed by atoms with van der Waals surface area (Å²) in [5.41, 5.74) is 5.61. The third-order valence-electron chi connectivity index (χ3n) is 2.76. The van der Waals surface area contributed by atoms with E-state index in [1.54, 1.807) is 6.07 Å². The molecule has 9 heteroatoms. The highest BCUT2D eigenvalue weighted by Gasteiger charge is 2.32. The van der Waals surface area contributed by atoms with E-state index in [2.05, 4.69) is 25.9 Å². The molecule has 0 spiro atoms. The van der Waals surface area contributed by atoms with Crippen molar-refractivity contribution in [1.29, 1.82) is 0 Å². The molecule has 1 aromatic heterocycles. The van der Waals surface area contributed by atoms with E-state index in [1.807, 2.05) is 4.90 Å². The number of piperazine rings is 1. The van der Waals surface area contributed by atoms with Gasteiger partial charge in [-0.15, -0.1) is 0 Å². The summed E-state index contributed by atoms with van der Waals surface area (Å²) >= 11 is 3.21. The van der Waals surface area contributed by atoms with Crippen LogP contribution < -0.4 is 10.6 Å². The largest absolute Gasteiger partial charge is 0.401 e. The van der Waals surface area contributed by atoms with Crippen LogP contribution in [0, 0.1) is 0 Å². The molecule has 1 saturated heterocycles. The van der Waals surface area contributed by atoms with E-state index in [-0.39, 0.29) is 0 Å². The second-order valence-corrected chi connectivity index (χ2v) is 5.11. The lowest BCUT2D eigenvalue weighted by Gasteiger charge is -2.35. The van der Waals surface area contributed by atoms with Crippen molar-refractivity contribution in [3.8, 4) is 0 Å². The third kappa shape index (κ3) is 4.20. The fourth-order valence-electron chi connectivity index (χ4n) is 1.92. The highest BCUT2D eigenvalue weighted by atomic mass is 79.9. The van der Waals surface area contributed by atoms with E-state index >= 15 is 0 Å². The molecule has 0 aromatic carbocycles. The SMILES string of the molecule is Nc1cc(Br)nc(N2CCN(CC(F)(F)F)CC2)n1. The van der Waals surface area contributed by atoms with Crippen molar-refractivity contribution in [3.05, 3.63) is 10.7 Å². The Bertz CT molecular complexity index is 425. The lowest BCUT2D eigenvalue weighted by atomic mass is 10.3. The number of hydrogen-bond acceptors (Lipinski definition) is 5. The molecule has 19 heavy (non-hydrogen) atoms. The summed E-state index contributed by atoms with van der Waals surface area (Å²) in [5, 5.41) is 0. The quantitative estimate of drug-likeness (QED) is 0.827. The van der Waals surface area contributed by atoms with Crippen LogP contribution >= 0.6 is 15.9 Å². The van der Waals surface area contributed by atoms with Gasteiger partial charge in [-0.3, -0.25) is 4.90 Å². The van der Waals surface area contributed by atoms with Crippen LogP contribution in [0.5, 0.6) is 0 Å². The maximum absolute atomic E-state index is 12.3. The summed E-state index contributed by atoms with van der Waals surface area (Å²) in [7, 11) is 0. The Hall–Kier alpha value is -1.09. The van der Waals surface area contributed by atoms with Gasteiger partial charge in [0.25, 0.3) is 0 Å². The van der Waals surface area contributed by atoms with Gasteiger partial charge in [0.2, 0.25) is 5.95 Å². The van der Waals surface area contributed by atoms with Crippen LogP contribution in [0.3, 0.4) is 0 Å². The lowest BCUT2D eigenvalue weighted by molar-refractivity contribution is -0.146. The molecule has 2 N–H and O–H groups in total. The molecule has 0 radical (unpaired) electrons. The van der Waals surface area contributed by atoms with Gasteiger partial charge in [-0.05, 0) is 15.9 Å². The first-order valence-electron chi connectivity index (χ1n) is 5.67. The Morgan fingerprint density at radius 3 is 2.37 bits per heavy atom. The minimum absolute atomic E-state index is 0.328. The predicted octanol–water partition coefficient (Wildman–Crippen LogP) is 1.51. The average Bonchev–Trinajstić information content (AvgIpc) is 2.26. The van der Waals surface area contributed by atoms with Crippen molar-refractivity contribution in [2.75, 3.05) is 43.4 Å². The molecular weight excluding hydrogens is 327 g/mol. The number of nitrogens with two attached hydrogens (primary N) is 1. The standard InChI is InChI=1S/C10H13BrF3N5/c11-7-5-8(15)17-9(16-7)19-3-1-18(2-4-19)6-10(12,13)14/h5H,1-4,6H2,(H2,15,16,17). The van der Waals surface area contributed by atoms with Crippen molar-refractivity contribution in [2.45, 2.75) is 6.18 Å². The molecule has 0 bridgehead atoms. The van der Waals surface area contributed by atoms with Crippen LogP contribution in [-0.2, 0) is 0 Å². The predicted molar refractivity (Wildman–Crippen MR) is 68.9 cm³/mol. The Morgan fingerprint density at radius 1 is 1.21 bits per heavy atom. The number of alkyl halides is 3. The summed E-state index contributed by atoms with van der Waals surface area (Å²) in [4.78, 5) is 11.4. The highest BCUT2D eigenvalue weighted by Crippen LogP contribution is 2.20. The molecule has 1 aliphatic rings. The number of anilines is 2. The summed E-state index contributed by atoms with van der Waals surface area (Å²) in [5.74, 6) is 0.771. The monoisotopic (exact) mass is 339 g/mol. The lowest BCUT2D eigenvalue weighted by Crippen LogP contribution is -2.49. The molecular formula is C10H13BrF3N5. The molecule has 0 unspecified atom stereocenters. The van der Waals surface area contributed by atoms with Crippen LogP contribution in [0.15, 0.2) is 10.7 Å². The molecule has 0 aliphatic carbocycles. The molecule has 106 valence electrons. The number of aromatic nitrogens is 2.